The molecule has 0 unspecified atom stereocenters. The lowest BCUT2D eigenvalue weighted by atomic mass is 10.3. The summed E-state index contributed by atoms with van der Waals surface area (Å²) in [4.78, 5) is 0. The SMILES string of the molecule is CCOc1ccc(-n2c(C)ccc2C)cc1. The number of rotatable bonds is 3. The van der Waals surface area contributed by atoms with E-state index in [1.54, 1.807) is 0 Å². The Hall–Kier alpha value is -1.70. The van der Waals surface area contributed by atoms with Gasteiger partial charge in [0.25, 0.3) is 0 Å². The maximum absolute atomic E-state index is 5.43. The monoisotopic (exact) mass is 215 g/mol. The average molecular weight is 215 g/mol. The van der Waals surface area contributed by atoms with E-state index in [9.17, 15) is 0 Å². The summed E-state index contributed by atoms with van der Waals surface area (Å²) in [5.41, 5.74) is 3.69. The standard InChI is InChI=1S/C14H17NO/c1-4-16-14-9-7-13(8-10-14)15-11(2)5-6-12(15)3/h5-10H,4H2,1-3H3. The number of aromatic nitrogens is 1. The van der Waals surface area contributed by atoms with Gasteiger partial charge in [-0.2, -0.15) is 0 Å². The van der Waals surface area contributed by atoms with Gasteiger partial charge in [-0.1, -0.05) is 0 Å². The molecule has 0 saturated carbocycles. The lowest BCUT2D eigenvalue weighted by Crippen LogP contribution is -1.98. The molecule has 2 heteroatoms. The molecular weight excluding hydrogens is 198 g/mol. The number of nitrogens with zero attached hydrogens (tertiary/aromatic N) is 1. The molecule has 0 aliphatic heterocycles. The normalized spacial score (nSPS) is 10.4. The first kappa shape index (κ1) is 10.8. The third-order valence-corrected chi connectivity index (χ3v) is 2.68. The highest BCUT2D eigenvalue weighted by Gasteiger charge is 2.03. The van der Waals surface area contributed by atoms with Gasteiger partial charge in [0.1, 0.15) is 5.75 Å². The van der Waals surface area contributed by atoms with Crippen molar-refractivity contribution in [3.05, 3.63) is 47.8 Å². The molecular formula is C14H17NO. The first-order chi connectivity index (χ1) is 7.72. The third-order valence-electron chi connectivity index (χ3n) is 2.68. The number of hydrogen-bond donors (Lipinski definition) is 0. The van der Waals surface area contributed by atoms with Crippen LogP contribution in [0.5, 0.6) is 5.75 Å². The summed E-state index contributed by atoms with van der Waals surface area (Å²) in [5.74, 6) is 0.925. The fourth-order valence-corrected chi connectivity index (χ4v) is 1.93. The molecule has 2 rings (SSSR count). The van der Waals surface area contributed by atoms with E-state index in [0.29, 0.717) is 6.61 Å². The third kappa shape index (κ3) is 1.96. The fraction of sp³-hybridized carbons (Fsp3) is 0.286. The van der Waals surface area contributed by atoms with Crippen molar-refractivity contribution in [2.24, 2.45) is 0 Å². The van der Waals surface area contributed by atoms with E-state index < -0.39 is 0 Å². The Morgan fingerprint density at radius 2 is 1.50 bits per heavy atom. The molecule has 0 fully saturated rings. The number of hydrogen-bond acceptors (Lipinski definition) is 1. The molecule has 0 radical (unpaired) electrons. The van der Waals surface area contributed by atoms with Crippen molar-refractivity contribution < 1.29 is 4.74 Å². The Morgan fingerprint density at radius 3 is 2.00 bits per heavy atom. The van der Waals surface area contributed by atoms with Crippen LogP contribution in [0.4, 0.5) is 0 Å². The maximum Gasteiger partial charge on any atom is 0.119 e. The Kier molecular flexibility index (Phi) is 3.00. The van der Waals surface area contributed by atoms with E-state index in [4.69, 9.17) is 4.74 Å². The Morgan fingerprint density at radius 1 is 0.938 bits per heavy atom. The van der Waals surface area contributed by atoms with Crippen LogP contribution in [-0.2, 0) is 0 Å². The minimum Gasteiger partial charge on any atom is -0.494 e. The van der Waals surface area contributed by atoms with E-state index >= 15 is 0 Å². The van der Waals surface area contributed by atoms with Gasteiger partial charge in [-0.25, -0.2) is 0 Å². The highest BCUT2D eigenvalue weighted by atomic mass is 16.5. The fourth-order valence-electron chi connectivity index (χ4n) is 1.93. The second-order valence-corrected chi connectivity index (χ2v) is 3.88. The van der Waals surface area contributed by atoms with E-state index in [-0.39, 0.29) is 0 Å². The highest BCUT2D eigenvalue weighted by Crippen LogP contribution is 2.19. The summed E-state index contributed by atoms with van der Waals surface area (Å²) >= 11 is 0. The van der Waals surface area contributed by atoms with Crippen molar-refractivity contribution in [2.45, 2.75) is 20.8 Å². The zero-order chi connectivity index (χ0) is 11.5. The molecule has 1 aromatic heterocycles. The Bertz CT molecular complexity index is 448. The predicted octanol–water partition coefficient (Wildman–Crippen LogP) is 3.49. The van der Waals surface area contributed by atoms with Crippen LogP contribution in [-0.4, -0.2) is 11.2 Å². The Labute approximate surface area is 96.5 Å². The molecule has 84 valence electrons. The summed E-state index contributed by atoms with van der Waals surface area (Å²) < 4.78 is 7.66. The lowest BCUT2D eigenvalue weighted by Gasteiger charge is -2.10. The van der Waals surface area contributed by atoms with Gasteiger partial charge < -0.3 is 9.30 Å². The highest BCUT2D eigenvalue weighted by molar-refractivity contribution is 5.41. The smallest absolute Gasteiger partial charge is 0.119 e. The second-order valence-electron chi connectivity index (χ2n) is 3.88. The number of aryl methyl sites for hydroxylation is 2. The van der Waals surface area contributed by atoms with Gasteiger partial charge in [-0.05, 0) is 57.2 Å². The molecule has 0 spiro atoms. The summed E-state index contributed by atoms with van der Waals surface area (Å²) in [6.07, 6.45) is 0. The summed E-state index contributed by atoms with van der Waals surface area (Å²) in [5, 5.41) is 0. The van der Waals surface area contributed by atoms with Gasteiger partial charge in [0.05, 0.1) is 6.61 Å². The van der Waals surface area contributed by atoms with Crippen molar-refractivity contribution in [1.82, 2.24) is 4.57 Å². The molecule has 0 atom stereocenters. The second kappa shape index (κ2) is 4.44. The van der Waals surface area contributed by atoms with Crippen LogP contribution in [0.25, 0.3) is 5.69 Å². The van der Waals surface area contributed by atoms with Crippen molar-refractivity contribution in [3.63, 3.8) is 0 Å². The molecule has 0 saturated heterocycles. The number of ether oxygens (including phenoxy) is 1. The van der Waals surface area contributed by atoms with Gasteiger partial charge in [-0.3, -0.25) is 0 Å². The summed E-state index contributed by atoms with van der Waals surface area (Å²) in [7, 11) is 0. The molecule has 1 aromatic carbocycles. The van der Waals surface area contributed by atoms with Gasteiger partial charge in [0.2, 0.25) is 0 Å². The van der Waals surface area contributed by atoms with E-state index in [1.807, 2.05) is 19.1 Å². The molecule has 2 nitrogen and oxygen atoms in total. The van der Waals surface area contributed by atoms with Crippen LogP contribution in [0, 0.1) is 13.8 Å². The van der Waals surface area contributed by atoms with Gasteiger partial charge in [0.15, 0.2) is 0 Å². The van der Waals surface area contributed by atoms with Crippen LogP contribution in [0.15, 0.2) is 36.4 Å². The van der Waals surface area contributed by atoms with Crippen LogP contribution in [0.2, 0.25) is 0 Å². The van der Waals surface area contributed by atoms with Crippen molar-refractivity contribution >= 4 is 0 Å². The molecule has 2 aromatic rings. The lowest BCUT2D eigenvalue weighted by molar-refractivity contribution is 0.340. The first-order valence-electron chi connectivity index (χ1n) is 5.60. The topological polar surface area (TPSA) is 14.2 Å². The molecule has 0 amide bonds. The molecule has 0 aliphatic carbocycles. The molecule has 16 heavy (non-hydrogen) atoms. The van der Waals surface area contributed by atoms with Crippen molar-refractivity contribution in [3.8, 4) is 11.4 Å². The number of benzene rings is 1. The van der Waals surface area contributed by atoms with E-state index in [2.05, 4.69) is 42.7 Å². The van der Waals surface area contributed by atoms with Gasteiger partial charge in [0, 0.05) is 17.1 Å². The van der Waals surface area contributed by atoms with Crippen molar-refractivity contribution in [1.29, 1.82) is 0 Å². The summed E-state index contributed by atoms with van der Waals surface area (Å²) in [6.45, 7) is 6.93. The molecule has 0 aliphatic rings. The van der Waals surface area contributed by atoms with Crippen LogP contribution >= 0.6 is 0 Å². The minimum absolute atomic E-state index is 0.709. The molecule has 1 heterocycles. The van der Waals surface area contributed by atoms with Crippen LogP contribution < -0.4 is 4.74 Å². The zero-order valence-corrected chi connectivity index (χ0v) is 10.0. The van der Waals surface area contributed by atoms with Gasteiger partial charge in [-0.15, -0.1) is 0 Å². The van der Waals surface area contributed by atoms with E-state index in [0.717, 1.165) is 5.75 Å². The molecule has 0 N–H and O–H groups in total. The average Bonchev–Trinajstić information content (AvgIpc) is 2.61. The molecule has 0 bridgehead atoms. The first-order valence-corrected chi connectivity index (χ1v) is 5.60. The predicted molar refractivity (Wildman–Crippen MR) is 66.4 cm³/mol. The Balaban J connectivity index is 2.35. The van der Waals surface area contributed by atoms with Crippen molar-refractivity contribution in [2.75, 3.05) is 6.61 Å². The minimum atomic E-state index is 0.709. The van der Waals surface area contributed by atoms with Crippen LogP contribution in [0.1, 0.15) is 18.3 Å². The largest absolute Gasteiger partial charge is 0.494 e. The maximum atomic E-state index is 5.43. The summed E-state index contributed by atoms with van der Waals surface area (Å²) in [6, 6.07) is 12.5. The van der Waals surface area contributed by atoms with Crippen LogP contribution in [0.3, 0.4) is 0 Å². The van der Waals surface area contributed by atoms with E-state index in [1.165, 1.54) is 17.1 Å². The van der Waals surface area contributed by atoms with Gasteiger partial charge >= 0.3 is 0 Å². The zero-order valence-electron chi connectivity index (χ0n) is 10.0. The quantitative estimate of drug-likeness (QED) is 0.764.